The van der Waals surface area contributed by atoms with Crippen molar-refractivity contribution in [2.24, 2.45) is 5.92 Å². The molecule has 0 N–H and O–H groups in total. The highest BCUT2D eigenvalue weighted by Gasteiger charge is 2.21. The van der Waals surface area contributed by atoms with E-state index in [0.717, 1.165) is 38.2 Å². The summed E-state index contributed by atoms with van der Waals surface area (Å²) in [6, 6.07) is 6.31. The number of hydrogen-bond donors (Lipinski definition) is 0. The maximum atomic E-state index is 12.7. The molecular weight excluding hydrogens is 272 g/mol. The van der Waals surface area contributed by atoms with E-state index < -0.39 is 0 Å². The summed E-state index contributed by atoms with van der Waals surface area (Å²) in [7, 11) is 2.11. The predicted octanol–water partition coefficient (Wildman–Crippen LogP) is 3.40. The number of amides is 1. The number of piperazine rings is 1. The smallest absolute Gasteiger partial charge is 0.253 e. The summed E-state index contributed by atoms with van der Waals surface area (Å²) >= 11 is 0. The van der Waals surface area contributed by atoms with Crippen molar-refractivity contribution in [3.63, 3.8) is 0 Å². The summed E-state index contributed by atoms with van der Waals surface area (Å²) < 4.78 is 0. The molecule has 1 amide bonds. The molecule has 22 heavy (non-hydrogen) atoms. The van der Waals surface area contributed by atoms with Crippen molar-refractivity contribution in [1.29, 1.82) is 0 Å². The van der Waals surface area contributed by atoms with Crippen molar-refractivity contribution in [2.45, 2.75) is 40.0 Å². The zero-order valence-electron chi connectivity index (χ0n) is 14.7. The Kier molecular flexibility index (Phi) is 5.63. The van der Waals surface area contributed by atoms with Gasteiger partial charge in [0, 0.05) is 31.7 Å². The molecule has 1 fully saturated rings. The molecule has 1 aliphatic heterocycles. The largest absolute Gasteiger partial charge is 0.336 e. The fourth-order valence-electron chi connectivity index (χ4n) is 3.11. The first kappa shape index (κ1) is 17.0. The summed E-state index contributed by atoms with van der Waals surface area (Å²) in [6.45, 7) is 12.5. The number of rotatable bonds is 4. The zero-order valence-corrected chi connectivity index (χ0v) is 14.7. The molecule has 0 aromatic heterocycles. The third-order valence-corrected chi connectivity index (χ3v) is 4.43. The van der Waals surface area contributed by atoms with Crippen LogP contribution in [0.2, 0.25) is 0 Å². The summed E-state index contributed by atoms with van der Waals surface area (Å²) in [4.78, 5) is 17.0. The molecule has 0 saturated carbocycles. The molecule has 1 aromatic rings. The molecule has 0 atom stereocenters. The minimum absolute atomic E-state index is 0.188. The van der Waals surface area contributed by atoms with Crippen molar-refractivity contribution in [1.82, 2.24) is 9.80 Å². The molecular formula is C19H30N2O. The van der Waals surface area contributed by atoms with E-state index in [-0.39, 0.29) is 5.91 Å². The van der Waals surface area contributed by atoms with Gasteiger partial charge in [-0.15, -0.1) is 0 Å². The van der Waals surface area contributed by atoms with Crippen LogP contribution in [0.25, 0.3) is 0 Å². The minimum atomic E-state index is 0.188. The molecule has 0 bridgehead atoms. The molecule has 0 radical (unpaired) electrons. The van der Waals surface area contributed by atoms with Crippen molar-refractivity contribution >= 4 is 5.91 Å². The maximum Gasteiger partial charge on any atom is 0.253 e. The van der Waals surface area contributed by atoms with Gasteiger partial charge in [0.25, 0.3) is 5.91 Å². The van der Waals surface area contributed by atoms with Crippen LogP contribution in [0.1, 0.15) is 55.1 Å². The molecule has 0 unspecified atom stereocenters. The number of likely N-dealkylation sites (N-methyl/N-ethyl adjacent to an activating group) is 1. The van der Waals surface area contributed by atoms with Crippen molar-refractivity contribution in [2.75, 3.05) is 33.2 Å². The zero-order chi connectivity index (χ0) is 16.3. The highest BCUT2D eigenvalue weighted by molar-refractivity contribution is 5.94. The monoisotopic (exact) mass is 302 g/mol. The van der Waals surface area contributed by atoms with Crippen LogP contribution in [-0.4, -0.2) is 48.9 Å². The molecule has 0 aliphatic carbocycles. The second-order valence-corrected chi connectivity index (χ2v) is 7.26. The van der Waals surface area contributed by atoms with Gasteiger partial charge < -0.3 is 9.80 Å². The van der Waals surface area contributed by atoms with Crippen LogP contribution >= 0.6 is 0 Å². The van der Waals surface area contributed by atoms with Gasteiger partial charge in [0.15, 0.2) is 0 Å². The van der Waals surface area contributed by atoms with E-state index in [1.807, 2.05) is 11.0 Å². The second-order valence-electron chi connectivity index (χ2n) is 7.26. The summed E-state index contributed by atoms with van der Waals surface area (Å²) in [6.07, 6.45) is 1.04. The van der Waals surface area contributed by atoms with Crippen LogP contribution in [0.5, 0.6) is 0 Å². The standard InChI is InChI=1S/C19H30N2O/c1-14(2)12-17-13-16(6-7-18(17)15(3)4)19(22)21-10-8-20(5)9-11-21/h6-7,13-15H,8-12H2,1-5H3. The van der Waals surface area contributed by atoms with Gasteiger partial charge in [-0.3, -0.25) is 4.79 Å². The van der Waals surface area contributed by atoms with Crippen LogP contribution < -0.4 is 0 Å². The van der Waals surface area contributed by atoms with Gasteiger partial charge in [0.05, 0.1) is 0 Å². The van der Waals surface area contributed by atoms with E-state index in [1.165, 1.54) is 11.1 Å². The number of nitrogens with zero attached hydrogens (tertiary/aromatic N) is 2. The molecule has 1 aromatic carbocycles. The number of carbonyl (C=O) groups is 1. The Balaban J connectivity index is 2.22. The highest BCUT2D eigenvalue weighted by Crippen LogP contribution is 2.24. The lowest BCUT2D eigenvalue weighted by Crippen LogP contribution is -2.47. The van der Waals surface area contributed by atoms with Crippen LogP contribution in [0.3, 0.4) is 0 Å². The molecule has 3 heteroatoms. The van der Waals surface area contributed by atoms with Crippen molar-refractivity contribution < 1.29 is 4.79 Å². The van der Waals surface area contributed by atoms with E-state index in [2.05, 4.69) is 51.8 Å². The van der Waals surface area contributed by atoms with E-state index in [4.69, 9.17) is 0 Å². The Morgan fingerprint density at radius 3 is 2.27 bits per heavy atom. The molecule has 1 heterocycles. The number of hydrogen-bond acceptors (Lipinski definition) is 2. The van der Waals surface area contributed by atoms with Gasteiger partial charge in [-0.25, -0.2) is 0 Å². The van der Waals surface area contributed by atoms with E-state index >= 15 is 0 Å². The Morgan fingerprint density at radius 2 is 1.73 bits per heavy atom. The Hall–Kier alpha value is -1.35. The lowest BCUT2D eigenvalue weighted by Gasteiger charge is -2.32. The fourth-order valence-corrected chi connectivity index (χ4v) is 3.11. The lowest BCUT2D eigenvalue weighted by atomic mass is 9.90. The third-order valence-electron chi connectivity index (χ3n) is 4.43. The predicted molar refractivity (Wildman–Crippen MR) is 92.5 cm³/mol. The van der Waals surface area contributed by atoms with Crippen molar-refractivity contribution in [3.8, 4) is 0 Å². The Bertz CT molecular complexity index is 514. The lowest BCUT2D eigenvalue weighted by molar-refractivity contribution is 0.0664. The SMILES string of the molecule is CC(C)Cc1cc(C(=O)N2CCN(C)CC2)ccc1C(C)C. The van der Waals surface area contributed by atoms with Crippen LogP contribution in [0.15, 0.2) is 18.2 Å². The quantitative estimate of drug-likeness (QED) is 0.851. The molecule has 3 nitrogen and oxygen atoms in total. The van der Waals surface area contributed by atoms with Gasteiger partial charge in [-0.1, -0.05) is 33.8 Å². The molecule has 1 aliphatic rings. The van der Waals surface area contributed by atoms with E-state index in [0.29, 0.717) is 11.8 Å². The van der Waals surface area contributed by atoms with E-state index in [9.17, 15) is 4.79 Å². The molecule has 1 saturated heterocycles. The first-order chi connectivity index (χ1) is 10.4. The first-order valence-corrected chi connectivity index (χ1v) is 8.49. The molecule has 122 valence electrons. The van der Waals surface area contributed by atoms with Gasteiger partial charge in [-0.05, 0) is 48.6 Å². The average Bonchev–Trinajstić information content (AvgIpc) is 2.46. The number of benzene rings is 1. The number of carbonyl (C=O) groups excluding carboxylic acids is 1. The maximum absolute atomic E-state index is 12.7. The summed E-state index contributed by atoms with van der Waals surface area (Å²) in [5.41, 5.74) is 3.57. The minimum Gasteiger partial charge on any atom is -0.336 e. The summed E-state index contributed by atoms with van der Waals surface area (Å²) in [5, 5.41) is 0. The Morgan fingerprint density at radius 1 is 1.09 bits per heavy atom. The first-order valence-electron chi connectivity index (χ1n) is 8.49. The topological polar surface area (TPSA) is 23.6 Å². The van der Waals surface area contributed by atoms with E-state index in [1.54, 1.807) is 0 Å². The van der Waals surface area contributed by atoms with Gasteiger partial charge in [0.2, 0.25) is 0 Å². The molecule has 0 spiro atoms. The Labute approximate surface area is 135 Å². The van der Waals surface area contributed by atoms with Crippen LogP contribution in [-0.2, 0) is 6.42 Å². The van der Waals surface area contributed by atoms with Crippen molar-refractivity contribution in [3.05, 3.63) is 34.9 Å². The normalized spacial score (nSPS) is 16.6. The third kappa shape index (κ3) is 4.10. The molecule has 2 rings (SSSR count). The second kappa shape index (κ2) is 7.28. The highest BCUT2D eigenvalue weighted by atomic mass is 16.2. The van der Waals surface area contributed by atoms with Crippen LogP contribution in [0, 0.1) is 5.92 Å². The van der Waals surface area contributed by atoms with Gasteiger partial charge in [0.1, 0.15) is 0 Å². The summed E-state index contributed by atoms with van der Waals surface area (Å²) in [5.74, 6) is 1.29. The van der Waals surface area contributed by atoms with Gasteiger partial charge in [-0.2, -0.15) is 0 Å². The van der Waals surface area contributed by atoms with Crippen LogP contribution in [0.4, 0.5) is 0 Å². The average molecular weight is 302 g/mol. The fraction of sp³-hybridized carbons (Fsp3) is 0.632. The van der Waals surface area contributed by atoms with Gasteiger partial charge >= 0.3 is 0 Å².